The van der Waals surface area contributed by atoms with Crippen molar-refractivity contribution in [3.05, 3.63) is 113 Å². The van der Waals surface area contributed by atoms with Crippen molar-refractivity contribution in [2.75, 3.05) is 24.5 Å². The lowest BCUT2D eigenvalue weighted by atomic mass is 9.83. The molecular weight excluding hydrogens is 472 g/mol. The molecule has 3 atom stereocenters. The highest BCUT2D eigenvalue weighted by Crippen LogP contribution is 2.40. The molecule has 3 unspecified atom stereocenters. The molecule has 3 aromatic rings. The SMILES string of the molecule is CCC1CC(C)CC1CN=C1C=C/C(=C(\c2ccc(C)cc2)c2ccc(N(CC)CC)cc2)c2ccccc21. The number of benzene rings is 3. The number of hydrogen-bond acceptors (Lipinski definition) is 2. The van der Waals surface area contributed by atoms with Crippen LogP contribution in [0.25, 0.3) is 11.1 Å². The maximum Gasteiger partial charge on any atom is 0.0653 e. The van der Waals surface area contributed by atoms with Gasteiger partial charge in [-0.3, -0.25) is 4.99 Å². The van der Waals surface area contributed by atoms with Gasteiger partial charge in [-0.25, -0.2) is 0 Å². The van der Waals surface area contributed by atoms with Gasteiger partial charge in [0.2, 0.25) is 0 Å². The summed E-state index contributed by atoms with van der Waals surface area (Å²) in [5, 5.41) is 0. The first-order chi connectivity index (χ1) is 19.0. The fraction of sp³-hybridized carbons (Fsp3) is 0.378. The van der Waals surface area contributed by atoms with Crippen LogP contribution in [0.3, 0.4) is 0 Å². The van der Waals surface area contributed by atoms with Crippen molar-refractivity contribution in [1.29, 1.82) is 0 Å². The number of fused-ring (bicyclic) bond motifs is 1. The van der Waals surface area contributed by atoms with Gasteiger partial charge in [0.25, 0.3) is 0 Å². The van der Waals surface area contributed by atoms with Gasteiger partial charge in [0.1, 0.15) is 0 Å². The van der Waals surface area contributed by atoms with Crippen molar-refractivity contribution in [3.63, 3.8) is 0 Å². The third-order valence-electron chi connectivity index (χ3n) is 8.89. The zero-order chi connectivity index (χ0) is 27.4. The molecule has 0 aliphatic heterocycles. The highest BCUT2D eigenvalue weighted by Gasteiger charge is 2.30. The van der Waals surface area contributed by atoms with Crippen molar-refractivity contribution < 1.29 is 0 Å². The molecule has 1 saturated carbocycles. The fourth-order valence-corrected chi connectivity index (χ4v) is 6.72. The van der Waals surface area contributed by atoms with Crippen LogP contribution in [0.15, 0.2) is 89.9 Å². The molecule has 0 bridgehead atoms. The van der Waals surface area contributed by atoms with Crippen molar-refractivity contribution in [2.45, 2.75) is 53.9 Å². The van der Waals surface area contributed by atoms with Crippen LogP contribution >= 0.6 is 0 Å². The zero-order valence-corrected chi connectivity index (χ0v) is 24.5. The summed E-state index contributed by atoms with van der Waals surface area (Å²) in [5.74, 6) is 2.35. The van der Waals surface area contributed by atoms with Crippen LogP contribution in [0.2, 0.25) is 0 Å². The molecular formula is C37H44N2. The van der Waals surface area contributed by atoms with E-state index in [2.05, 4.69) is 124 Å². The second-order valence-corrected chi connectivity index (χ2v) is 11.5. The first-order valence-electron chi connectivity index (χ1n) is 15.0. The Morgan fingerprint density at radius 3 is 2.03 bits per heavy atom. The van der Waals surface area contributed by atoms with Crippen LogP contribution in [0.4, 0.5) is 5.69 Å². The number of anilines is 1. The second-order valence-electron chi connectivity index (χ2n) is 11.5. The van der Waals surface area contributed by atoms with E-state index in [9.17, 15) is 0 Å². The smallest absolute Gasteiger partial charge is 0.0653 e. The third-order valence-corrected chi connectivity index (χ3v) is 8.89. The number of hydrogen-bond donors (Lipinski definition) is 0. The molecule has 1 fully saturated rings. The Balaban J connectivity index is 1.59. The minimum Gasteiger partial charge on any atom is -0.372 e. The zero-order valence-electron chi connectivity index (χ0n) is 24.5. The molecule has 2 heteroatoms. The van der Waals surface area contributed by atoms with E-state index >= 15 is 0 Å². The Hall–Kier alpha value is -3.39. The van der Waals surface area contributed by atoms with Gasteiger partial charge in [-0.2, -0.15) is 0 Å². The van der Waals surface area contributed by atoms with Gasteiger partial charge in [-0.15, -0.1) is 0 Å². The van der Waals surface area contributed by atoms with E-state index in [0.717, 1.165) is 37.2 Å². The highest BCUT2D eigenvalue weighted by atomic mass is 15.1. The molecule has 2 aliphatic rings. The Kier molecular flexibility index (Phi) is 8.50. The van der Waals surface area contributed by atoms with Gasteiger partial charge in [0, 0.05) is 30.9 Å². The molecule has 0 spiro atoms. The Bertz CT molecular complexity index is 1350. The fourth-order valence-electron chi connectivity index (χ4n) is 6.72. The van der Waals surface area contributed by atoms with Gasteiger partial charge >= 0.3 is 0 Å². The lowest BCUT2D eigenvalue weighted by Crippen LogP contribution is -2.21. The van der Waals surface area contributed by atoms with E-state index in [4.69, 9.17) is 4.99 Å². The summed E-state index contributed by atoms with van der Waals surface area (Å²) in [7, 11) is 0. The van der Waals surface area contributed by atoms with Gasteiger partial charge in [0.15, 0.2) is 0 Å². The number of allylic oxidation sites excluding steroid dienone is 3. The van der Waals surface area contributed by atoms with E-state index in [1.807, 2.05) is 0 Å². The Morgan fingerprint density at radius 1 is 0.769 bits per heavy atom. The van der Waals surface area contributed by atoms with Crippen LogP contribution in [-0.2, 0) is 0 Å². The molecule has 39 heavy (non-hydrogen) atoms. The van der Waals surface area contributed by atoms with Crippen LogP contribution in [0.5, 0.6) is 0 Å². The van der Waals surface area contributed by atoms with Gasteiger partial charge in [0.05, 0.1) is 5.71 Å². The number of aliphatic imine (C=N–C) groups is 1. The number of rotatable bonds is 8. The first-order valence-corrected chi connectivity index (χ1v) is 15.0. The monoisotopic (exact) mass is 516 g/mol. The van der Waals surface area contributed by atoms with Crippen molar-refractivity contribution in [2.24, 2.45) is 22.7 Å². The minimum absolute atomic E-state index is 0.711. The van der Waals surface area contributed by atoms with Crippen LogP contribution in [-0.4, -0.2) is 25.3 Å². The molecule has 2 nitrogen and oxygen atoms in total. The summed E-state index contributed by atoms with van der Waals surface area (Å²) >= 11 is 0. The van der Waals surface area contributed by atoms with Crippen LogP contribution < -0.4 is 4.90 Å². The Morgan fingerprint density at radius 2 is 1.38 bits per heavy atom. The maximum absolute atomic E-state index is 5.24. The summed E-state index contributed by atoms with van der Waals surface area (Å²) in [4.78, 5) is 7.64. The van der Waals surface area contributed by atoms with Gasteiger partial charge in [-0.1, -0.05) is 92.6 Å². The summed E-state index contributed by atoms with van der Waals surface area (Å²) < 4.78 is 0. The first kappa shape index (κ1) is 27.2. The summed E-state index contributed by atoms with van der Waals surface area (Å²) in [6.45, 7) is 14.3. The van der Waals surface area contributed by atoms with Crippen molar-refractivity contribution in [3.8, 4) is 0 Å². The molecule has 0 heterocycles. The summed E-state index contributed by atoms with van der Waals surface area (Å²) in [6.07, 6.45) is 8.51. The molecule has 0 radical (unpaired) electrons. The predicted molar refractivity (Wildman–Crippen MR) is 170 cm³/mol. The van der Waals surface area contributed by atoms with Crippen LogP contribution in [0, 0.1) is 24.7 Å². The number of nitrogens with zero attached hydrogens (tertiary/aromatic N) is 2. The molecule has 2 aliphatic carbocycles. The lowest BCUT2D eigenvalue weighted by Gasteiger charge is -2.23. The highest BCUT2D eigenvalue weighted by molar-refractivity contribution is 6.19. The van der Waals surface area contributed by atoms with Crippen LogP contribution in [0.1, 0.15) is 74.8 Å². The number of aryl methyl sites for hydroxylation is 1. The molecule has 0 aromatic heterocycles. The molecule has 0 N–H and O–H groups in total. The Labute approximate surface area is 236 Å². The van der Waals surface area contributed by atoms with E-state index in [1.165, 1.54) is 63.9 Å². The molecule has 0 saturated heterocycles. The minimum atomic E-state index is 0.711. The lowest BCUT2D eigenvalue weighted by molar-refractivity contribution is 0.386. The largest absolute Gasteiger partial charge is 0.372 e. The predicted octanol–water partition coefficient (Wildman–Crippen LogP) is 9.23. The van der Waals surface area contributed by atoms with Crippen molar-refractivity contribution >= 4 is 22.5 Å². The summed E-state index contributed by atoms with van der Waals surface area (Å²) in [5.41, 5.74) is 11.2. The summed E-state index contributed by atoms with van der Waals surface area (Å²) in [6, 6.07) is 27.0. The standard InChI is InChI=1S/C37H44N2/c1-6-28-23-27(5)24-31(28)25-38-36-22-21-35(33-11-9-10-12-34(33)36)37(29-15-13-26(4)14-16-29)30-17-19-32(20-18-30)39(7-2)8-3/h9-22,27-28,31H,6-8,23-25H2,1-5H3/b37-35-,38-36?. The molecule has 5 rings (SSSR count). The van der Waals surface area contributed by atoms with E-state index < -0.39 is 0 Å². The van der Waals surface area contributed by atoms with Gasteiger partial charge < -0.3 is 4.90 Å². The van der Waals surface area contributed by atoms with Crippen molar-refractivity contribution in [1.82, 2.24) is 0 Å². The quantitative estimate of drug-likeness (QED) is 0.291. The maximum atomic E-state index is 5.24. The molecule has 0 amide bonds. The third kappa shape index (κ3) is 5.81. The van der Waals surface area contributed by atoms with E-state index in [1.54, 1.807) is 0 Å². The van der Waals surface area contributed by atoms with E-state index in [0.29, 0.717) is 5.92 Å². The normalized spacial score (nSPS) is 22.7. The topological polar surface area (TPSA) is 15.6 Å². The van der Waals surface area contributed by atoms with Gasteiger partial charge in [-0.05, 0) is 97.4 Å². The van der Waals surface area contributed by atoms with E-state index in [-0.39, 0.29) is 0 Å². The molecule has 202 valence electrons. The molecule has 3 aromatic carbocycles. The average molecular weight is 517 g/mol. The average Bonchev–Trinajstić information content (AvgIpc) is 3.34. The second kappa shape index (κ2) is 12.2.